The molecule has 0 atom stereocenters. The first kappa shape index (κ1) is 10.9. The number of carbonyl (C=O) groups is 1. The van der Waals surface area contributed by atoms with Crippen LogP contribution in [0.3, 0.4) is 0 Å². The number of nitrogens with zero attached hydrogens (tertiary/aromatic N) is 1. The van der Waals surface area contributed by atoms with Crippen LogP contribution in [0.2, 0.25) is 0 Å². The summed E-state index contributed by atoms with van der Waals surface area (Å²) in [5.41, 5.74) is 0. The van der Waals surface area contributed by atoms with Gasteiger partial charge in [0.25, 0.3) is 0 Å². The van der Waals surface area contributed by atoms with Crippen LogP contribution >= 0.6 is 0 Å². The first-order chi connectivity index (χ1) is 6.68. The Kier molecular flexibility index (Phi) is 4.35. The second-order valence-corrected chi connectivity index (χ2v) is 3.75. The Morgan fingerprint density at radius 3 is 2.36 bits per heavy atom. The van der Waals surface area contributed by atoms with Gasteiger partial charge >= 0.3 is 11.1 Å². The number of hydrogen-bond acceptors (Lipinski definition) is 4. The minimum atomic E-state index is -1.03. The van der Waals surface area contributed by atoms with E-state index in [2.05, 4.69) is 4.84 Å². The highest BCUT2D eigenvalue weighted by atomic mass is 17.0. The molecule has 0 aromatic heterocycles. The lowest BCUT2D eigenvalue weighted by molar-refractivity contribution is -0.729. The molecule has 1 aliphatic carbocycles. The van der Waals surface area contributed by atoms with Gasteiger partial charge in [0, 0.05) is 6.42 Å². The first-order valence-electron chi connectivity index (χ1n) is 5.03. The molecule has 0 amide bonds. The van der Waals surface area contributed by atoms with Crippen molar-refractivity contribution in [2.75, 3.05) is 0 Å². The maximum Gasteiger partial charge on any atom is 0.304 e. The van der Waals surface area contributed by atoms with Crippen LogP contribution in [0.4, 0.5) is 0 Å². The van der Waals surface area contributed by atoms with Crippen LogP contribution in [-0.4, -0.2) is 11.1 Å². The molecule has 0 saturated heterocycles. The third-order valence-electron chi connectivity index (χ3n) is 2.61. The van der Waals surface area contributed by atoms with Gasteiger partial charge in [0.1, 0.15) is 0 Å². The summed E-state index contributed by atoms with van der Waals surface area (Å²) in [5.74, 6) is -0.424. The molecule has 0 aromatic carbocycles. The van der Waals surface area contributed by atoms with Crippen molar-refractivity contribution in [3.05, 3.63) is 10.1 Å². The molecule has 0 radical (unpaired) electrons. The van der Waals surface area contributed by atoms with Crippen molar-refractivity contribution in [1.82, 2.24) is 0 Å². The predicted octanol–water partition coefficient (Wildman–Crippen LogP) is 2.08. The largest absolute Gasteiger partial charge is 0.304 e. The first-order valence-corrected chi connectivity index (χ1v) is 5.03. The third kappa shape index (κ3) is 4.20. The Hall–Kier alpha value is -1.13. The maximum atomic E-state index is 11.0. The molecule has 14 heavy (non-hydrogen) atoms. The normalized spacial score (nSPS) is 18.6. The van der Waals surface area contributed by atoms with Crippen molar-refractivity contribution in [3.63, 3.8) is 0 Å². The zero-order valence-corrected chi connectivity index (χ0v) is 8.11. The van der Waals surface area contributed by atoms with Gasteiger partial charge in [0.2, 0.25) is 0 Å². The highest BCUT2D eigenvalue weighted by molar-refractivity contribution is 5.68. The quantitative estimate of drug-likeness (QED) is 0.398. The molecule has 80 valence electrons. The molecule has 1 fully saturated rings. The summed E-state index contributed by atoms with van der Waals surface area (Å²) in [7, 11) is 0. The lowest BCUT2D eigenvalue weighted by atomic mass is 9.97. The van der Waals surface area contributed by atoms with Crippen LogP contribution in [0.1, 0.15) is 44.9 Å². The Morgan fingerprint density at radius 2 is 1.86 bits per heavy atom. The third-order valence-corrected chi connectivity index (χ3v) is 2.61. The fourth-order valence-corrected chi connectivity index (χ4v) is 1.92. The highest BCUT2D eigenvalue weighted by Crippen LogP contribution is 2.25. The molecule has 0 aromatic rings. The van der Waals surface area contributed by atoms with Gasteiger partial charge in [-0.25, -0.2) is 4.84 Å². The Morgan fingerprint density at radius 1 is 1.29 bits per heavy atom. The van der Waals surface area contributed by atoms with E-state index >= 15 is 0 Å². The van der Waals surface area contributed by atoms with Crippen molar-refractivity contribution >= 4 is 5.97 Å². The fraction of sp³-hybridized carbons (Fsp3) is 0.889. The van der Waals surface area contributed by atoms with E-state index in [1.165, 1.54) is 12.8 Å². The van der Waals surface area contributed by atoms with Gasteiger partial charge in [-0.15, -0.1) is 10.1 Å². The smallest absolute Gasteiger partial charge is 0.268 e. The number of carbonyl (C=O) groups excluding carboxylic acids is 1. The maximum absolute atomic E-state index is 11.0. The Bertz CT molecular complexity index is 209. The fourth-order valence-electron chi connectivity index (χ4n) is 1.92. The van der Waals surface area contributed by atoms with E-state index in [1.807, 2.05) is 0 Å². The summed E-state index contributed by atoms with van der Waals surface area (Å²) >= 11 is 0. The van der Waals surface area contributed by atoms with Gasteiger partial charge in [0.05, 0.1) is 0 Å². The summed E-state index contributed by atoms with van der Waals surface area (Å²) in [5, 5.41) is 8.85. The minimum absolute atomic E-state index is 0.195. The van der Waals surface area contributed by atoms with E-state index in [0.717, 1.165) is 25.7 Å². The molecular weight excluding hydrogens is 186 g/mol. The van der Waals surface area contributed by atoms with E-state index < -0.39 is 11.1 Å². The van der Waals surface area contributed by atoms with Crippen LogP contribution in [0, 0.1) is 16.0 Å². The molecule has 0 unspecified atom stereocenters. The van der Waals surface area contributed by atoms with E-state index in [1.54, 1.807) is 0 Å². The van der Waals surface area contributed by atoms with E-state index in [9.17, 15) is 14.9 Å². The van der Waals surface area contributed by atoms with Crippen LogP contribution < -0.4 is 0 Å². The van der Waals surface area contributed by atoms with Gasteiger partial charge in [-0.3, -0.25) is 4.79 Å². The lowest BCUT2D eigenvalue weighted by Crippen LogP contribution is -2.14. The second kappa shape index (κ2) is 5.57. The molecule has 0 spiro atoms. The van der Waals surface area contributed by atoms with Gasteiger partial charge in [-0.1, -0.05) is 25.7 Å². The van der Waals surface area contributed by atoms with Gasteiger partial charge < -0.3 is 0 Å². The van der Waals surface area contributed by atoms with Crippen LogP contribution in [-0.2, 0) is 9.63 Å². The topological polar surface area (TPSA) is 69.4 Å². The summed E-state index contributed by atoms with van der Waals surface area (Å²) in [6, 6.07) is 0. The predicted molar refractivity (Wildman–Crippen MR) is 48.9 cm³/mol. The van der Waals surface area contributed by atoms with Crippen molar-refractivity contribution in [1.29, 1.82) is 0 Å². The SMILES string of the molecule is O=C(CC1CCCCCC1)O[N+](=O)[O-]. The van der Waals surface area contributed by atoms with Crippen LogP contribution in [0.15, 0.2) is 0 Å². The van der Waals surface area contributed by atoms with E-state index in [4.69, 9.17) is 0 Å². The monoisotopic (exact) mass is 201 g/mol. The number of rotatable bonds is 3. The second-order valence-electron chi connectivity index (χ2n) is 3.75. The molecule has 1 aliphatic rings. The summed E-state index contributed by atoms with van der Waals surface area (Å²) in [6.07, 6.45) is 6.84. The van der Waals surface area contributed by atoms with Crippen LogP contribution in [0.5, 0.6) is 0 Å². The molecular formula is C9H15NO4. The standard InChI is InChI=1S/C9H15NO4/c11-9(14-10(12)13)7-8-5-3-1-2-4-6-8/h8H,1-7H2. The molecule has 5 heteroatoms. The van der Waals surface area contributed by atoms with Crippen molar-refractivity contribution < 1.29 is 14.7 Å². The lowest BCUT2D eigenvalue weighted by Gasteiger charge is -2.10. The minimum Gasteiger partial charge on any atom is -0.268 e. The molecule has 1 saturated carbocycles. The van der Waals surface area contributed by atoms with Crippen LogP contribution in [0.25, 0.3) is 0 Å². The van der Waals surface area contributed by atoms with Crippen molar-refractivity contribution in [2.24, 2.45) is 5.92 Å². The van der Waals surface area contributed by atoms with Gasteiger partial charge in [-0.2, -0.15) is 0 Å². The Labute approximate surface area is 82.5 Å². The molecule has 0 N–H and O–H groups in total. The molecule has 0 heterocycles. The average molecular weight is 201 g/mol. The highest BCUT2D eigenvalue weighted by Gasteiger charge is 2.17. The Balaban J connectivity index is 2.27. The van der Waals surface area contributed by atoms with Gasteiger partial charge in [-0.05, 0) is 18.8 Å². The number of hydrogen-bond donors (Lipinski definition) is 0. The molecule has 0 aliphatic heterocycles. The van der Waals surface area contributed by atoms with Gasteiger partial charge in [0.15, 0.2) is 0 Å². The molecule has 0 bridgehead atoms. The summed E-state index contributed by atoms with van der Waals surface area (Å²) < 4.78 is 0. The summed E-state index contributed by atoms with van der Waals surface area (Å²) in [4.78, 5) is 24.7. The summed E-state index contributed by atoms with van der Waals surface area (Å²) in [6.45, 7) is 0. The zero-order valence-electron chi connectivity index (χ0n) is 8.11. The average Bonchev–Trinajstić information content (AvgIpc) is 2.31. The van der Waals surface area contributed by atoms with E-state index in [-0.39, 0.29) is 12.3 Å². The molecule has 5 nitrogen and oxygen atoms in total. The van der Waals surface area contributed by atoms with Crippen molar-refractivity contribution in [3.8, 4) is 0 Å². The van der Waals surface area contributed by atoms with Crippen molar-refractivity contribution in [2.45, 2.75) is 44.9 Å². The molecule has 1 rings (SSSR count). The van der Waals surface area contributed by atoms with E-state index in [0.29, 0.717) is 0 Å². The zero-order chi connectivity index (χ0) is 10.4.